The largest absolute Gasteiger partial charge is 0.480 e. The average molecular weight is 189 g/mol. The van der Waals surface area contributed by atoms with Crippen molar-refractivity contribution in [3.05, 3.63) is 0 Å². The molecule has 1 heterocycles. The Morgan fingerprint density at radius 2 is 2.50 bits per heavy atom. The molecule has 0 aromatic carbocycles. The minimum atomic E-state index is -0.670. The van der Waals surface area contributed by atoms with Crippen LogP contribution in [0.4, 0.5) is 0 Å². The third-order valence-electron chi connectivity index (χ3n) is 2.06. The molecule has 0 amide bonds. The van der Waals surface area contributed by atoms with Crippen molar-refractivity contribution in [3.8, 4) is 0 Å². The van der Waals surface area contributed by atoms with Gasteiger partial charge in [-0.2, -0.15) is 0 Å². The van der Waals surface area contributed by atoms with Gasteiger partial charge in [0, 0.05) is 11.6 Å². The van der Waals surface area contributed by atoms with Crippen LogP contribution < -0.4 is 0 Å². The van der Waals surface area contributed by atoms with Crippen molar-refractivity contribution in [2.45, 2.75) is 25.8 Å². The predicted octanol–water partition coefficient (Wildman–Crippen LogP) is 1.25. The molecule has 1 rings (SSSR count). The van der Waals surface area contributed by atoms with Gasteiger partial charge in [0.1, 0.15) is 6.04 Å². The molecule has 0 bridgehead atoms. The molecule has 1 N–H and O–H groups in total. The lowest BCUT2D eigenvalue weighted by Gasteiger charge is -2.19. The van der Waals surface area contributed by atoms with Crippen LogP contribution in [0.2, 0.25) is 0 Å². The van der Waals surface area contributed by atoms with Gasteiger partial charge >= 0.3 is 5.97 Å². The van der Waals surface area contributed by atoms with Crippen molar-refractivity contribution >= 4 is 17.7 Å². The maximum atomic E-state index is 10.7. The molecule has 0 aromatic rings. The predicted molar refractivity (Wildman–Crippen MR) is 50.4 cm³/mol. The number of carboxylic acids is 1. The van der Waals surface area contributed by atoms with Gasteiger partial charge in [-0.05, 0) is 13.0 Å². The highest BCUT2D eigenvalue weighted by atomic mass is 32.2. The summed E-state index contributed by atoms with van der Waals surface area (Å²) in [6.45, 7) is 3.06. The van der Waals surface area contributed by atoms with E-state index in [-0.39, 0.29) is 6.04 Å². The third-order valence-corrected chi connectivity index (χ3v) is 3.12. The molecule has 0 aliphatic carbocycles. The van der Waals surface area contributed by atoms with Crippen LogP contribution in [0.25, 0.3) is 0 Å². The molecule has 1 aliphatic rings. The molecule has 1 fully saturated rings. The Balaban J connectivity index is 2.35. The molecule has 1 aliphatic heterocycles. The molecule has 0 saturated carbocycles. The van der Waals surface area contributed by atoms with Gasteiger partial charge in [0.25, 0.3) is 0 Å². The molecule has 70 valence electrons. The van der Waals surface area contributed by atoms with Crippen molar-refractivity contribution in [1.29, 1.82) is 0 Å². The third kappa shape index (κ3) is 2.38. The molecular weight excluding hydrogens is 174 g/mol. The van der Waals surface area contributed by atoms with Gasteiger partial charge in [-0.15, -0.1) is 11.8 Å². The second-order valence-electron chi connectivity index (χ2n) is 3.02. The summed E-state index contributed by atoms with van der Waals surface area (Å²) in [5, 5.41) is 8.83. The molecule has 0 radical (unpaired) electrons. The second kappa shape index (κ2) is 4.72. The highest BCUT2D eigenvalue weighted by molar-refractivity contribution is 7.99. The number of hydrogen-bond donors (Lipinski definition) is 1. The van der Waals surface area contributed by atoms with Crippen LogP contribution in [-0.2, 0) is 4.79 Å². The maximum Gasteiger partial charge on any atom is 0.321 e. The molecule has 3 nitrogen and oxygen atoms in total. The highest BCUT2D eigenvalue weighted by Gasteiger charge is 2.29. The monoisotopic (exact) mass is 189 g/mol. The van der Waals surface area contributed by atoms with E-state index < -0.39 is 5.97 Å². The molecule has 1 atom stereocenters. The Labute approximate surface area is 77.1 Å². The molecule has 1 unspecified atom stereocenters. The van der Waals surface area contributed by atoms with E-state index in [0.29, 0.717) is 0 Å². The second-order valence-corrected chi connectivity index (χ2v) is 4.02. The number of unbranched alkanes of at least 4 members (excludes halogenated alkanes) is 1. The summed E-state index contributed by atoms with van der Waals surface area (Å²) in [6, 6.07) is -0.235. The van der Waals surface area contributed by atoms with Crippen LogP contribution in [0.15, 0.2) is 0 Å². The zero-order chi connectivity index (χ0) is 8.97. The van der Waals surface area contributed by atoms with Gasteiger partial charge < -0.3 is 5.11 Å². The number of hydrogen-bond acceptors (Lipinski definition) is 3. The average Bonchev–Trinajstić information content (AvgIpc) is 2.48. The van der Waals surface area contributed by atoms with Crippen molar-refractivity contribution in [3.63, 3.8) is 0 Å². The first-order chi connectivity index (χ1) is 5.75. The molecular formula is C8H15NO2S. The minimum Gasteiger partial charge on any atom is -0.480 e. The van der Waals surface area contributed by atoms with Gasteiger partial charge in [0.15, 0.2) is 0 Å². The zero-order valence-corrected chi connectivity index (χ0v) is 8.14. The summed E-state index contributed by atoms with van der Waals surface area (Å²) in [5.41, 5.74) is 0. The van der Waals surface area contributed by atoms with E-state index in [1.54, 1.807) is 11.8 Å². The summed E-state index contributed by atoms with van der Waals surface area (Å²) in [5.74, 6) is 0.965. The summed E-state index contributed by atoms with van der Waals surface area (Å²) in [4.78, 5) is 12.8. The summed E-state index contributed by atoms with van der Waals surface area (Å²) in [6.07, 6.45) is 2.23. The van der Waals surface area contributed by atoms with Gasteiger partial charge in [-0.3, -0.25) is 9.69 Å². The van der Waals surface area contributed by atoms with Crippen LogP contribution in [-0.4, -0.2) is 40.2 Å². The number of carboxylic acid groups (broad SMARTS) is 1. The Kier molecular flexibility index (Phi) is 3.88. The van der Waals surface area contributed by atoms with Gasteiger partial charge in [-0.1, -0.05) is 13.3 Å². The van der Waals surface area contributed by atoms with Crippen LogP contribution in [0.5, 0.6) is 0 Å². The molecule has 12 heavy (non-hydrogen) atoms. The number of aliphatic carboxylic acids is 1. The van der Waals surface area contributed by atoms with Crippen LogP contribution in [0.1, 0.15) is 19.8 Å². The van der Waals surface area contributed by atoms with Gasteiger partial charge in [-0.25, -0.2) is 0 Å². The van der Waals surface area contributed by atoms with Crippen LogP contribution in [0, 0.1) is 0 Å². The van der Waals surface area contributed by atoms with E-state index in [9.17, 15) is 4.79 Å². The zero-order valence-electron chi connectivity index (χ0n) is 7.32. The lowest BCUT2D eigenvalue weighted by atomic mass is 10.2. The Morgan fingerprint density at radius 1 is 1.75 bits per heavy atom. The molecule has 1 saturated heterocycles. The number of nitrogens with zero attached hydrogens (tertiary/aromatic N) is 1. The van der Waals surface area contributed by atoms with E-state index in [4.69, 9.17) is 5.11 Å². The van der Waals surface area contributed by atoms with E-state index in [1.807, 2.05) is 0 Å². The first-order valence-electron chi connectivity index (χ1n) is 4.30. The van der Waals surface area contributed by atoms with Crippen molar-refractivity contribution in [1.82, 2.24) is 4.90 Å². The standard InChI is InChI=1S/C8H15NO2S/c1-2-3-4-9-6-12-5-7(9)8(10)11/h7H,2-6H2,1H3,(H,10,11). The van der Waals surface area contributed by atoms with Crippen LogP contribution >= 0.6 is 11.8 Å². The quantitative estimate of drug-likeness (QED) is 0.722. The minimum absolute atomic E-state index is 0.235. The maximum absolute atomic E-state index is 10.7. The Morgan fingerprint density at radius 3 is 3.08 bits per heavy atom. The van der Waals surface area contributed by atoms with Crippen molar-refractivity contribution in [2.24, 2.45) is 0 Å². The van der Waals surface area contributed by atoms with Crippen molar-refractivity contribution < 1.29 is 9.90 Å². The Bertz CT molecular complexity index is 163. The fourth-order valence-corrected chi connectivity index (χ4v) is 2.51. The fraction of sp³-hybridized carbons (Fsp3) is 0.875. The highest BCUT2D eigenvalue weighted by Crippen LogP contribution is 2.21. The SMILES string of the molecule is CCCCN1CSCC1C(=O)O. The van der Waals surface area contributed by atoms with E-state index in [2.05, 4.69) is 11.8 Å². The van der Waals surface area contributed by atoms with E-state index in [0.717, 1.165) is 31.0 Å². The van der Waals surface area contributed by atoms with Crippen molar-refractivity contribution in [2.75, 3.05) is 18.2 Å². The number of rotatable bonds is 4. The lowest BCUT2D eigenvalue weighted by molar-refractivity contribution is -0.141. The van der Waals surface area contributed by atoms with E-state index >= 15 is 0 Å². The lowest BCUT2D eigenvalue weighted by Crippen LogP contribution is -2.38. The topological polar surface area (TPSA) is 40.5 Å². The van der Waals surface area contributed by atoms with Gasteiger partial charge in [0.2, 0.25) is 0 Å². The molecule has 4 heteroatoms. The fourth-order valence-electron chi connectivity index (χ4n) is 1.29. The Hall–Kier alpha value is -0.220. The molecule has 0 aromatic heterocycles. The number of carbonyl (C=O) groups is 1. The molecule has 0 spiro atoms. The number of thioether (sulfide) groups is 1. The first-order valence-corrected chi connectivity index (χ1v) is 5.45. The normalized spacial score (nSPS) is 24.6. The van der Waals surface area contributed by atoms with E-state index in [1.165, 1.54) is 0 Å². The summed E-state index contributed by atoms with van der Waals surface area (Å²) >= 11 is 1.71. The smallest absolute Gasteiger partial charge is 0.321 e. The van der Waals surface area contributed by atoms with Gasteiger partial charge in [0.05, 0.1) is 0 Å². The summed E-state index contributed by atoms with van der Waals surface area (Å²) < 4.78 is 0. The summed E-state index contributed by atoms with van der Waals surface area (Å²) in [7, 11) is 0. The van der Waals surface area contributed by atoms with Crippen LogP contribution in [0.3, 0.4) is 0 Å². The first kappa shape index (κ1) is 9.86.